The Morgan fingerprint density at radius 1 is 1.20 bits per heavy atom. The topological polar surface area (TPSA) is 89.2 Å². The number of rotatable bonds is 4. The molecular weight excluding hydrogens is 344 g/mol. The maximum absolute atomic E-state index is 12.3. The maximum atomic E-state index is 12.3. The van der Waals surface area contributed by atoms with Crippen molar-refractivity contribution in [2.45, 2.75) is 11.4 Å². The van der Waals surface area contributed by atoms with Crippen LogP contribution in [0.3, 0.4) is 0 Å². The van der Waals surface area contributed by atoms with E-state index >= 15 is 0 Å². The Bertz CT molecular complexity index is 686. The predicted octanol–water partition coefficient (Wildman–Crippen LogP) is 1.64. The molecular formula is C12H13BrN4O2S. The minimum absolute atomic E-state index is 0.0197. The lowest BCUT2D eigenvalue weighted by Crippen LogP contribution is -2.26. The summed E-state index contributed by atoms with van der Waals surface area (Å²) in [5, 5.41) is 0. The van der Waals surface area contributed by atoms with Gasteiger partial charge in [-0.15, -0.1) is 0 Å². The maximum Gasteiger partial charge on any atom is 0.246 e. The van der Waals surface area contributed by atoms with Crippen molar-refractivity contribution >= 4 is 31.9 Å². The van der Waals surface area contributed by atoms with Gasteiger partial charge in [-0.2, -0.15) is 4.31 Å². The molecule has 0 saturated heterocycles. The normalized spacial score (nSPS) is 11.8. The first-order valence-electron chi connectivity index (χ1n) is 5.68. The Balaban J connectivity index is 2.21. The van der Waals surface area contributed by atoms with Gasteiger partial charge in [0.25, 0.3) is 0 Å². The molecule has 1 aromatic heterocycles. The van der Waals surface area contributed by atoms with Gasteiger partial charge in [0.15, 0.2) is 0 Å². The van der Waals surface area contributed by atoms with Crippen molar-refractivity contribution < 1.29 is 8.42 Å². The lowest BCUT2D eigenvalue weighted by atomic mass is 10.2. The third kappa shape index (κ3) is 3.33. The molecule has 1 heterocycles. The van der Waals surface area contributed by atoms with Crippen molar-refractivity contribution in [2.24, 2.45) is 0 Å². The lowest BCUT2D eigenvalue weighted by molar-refractivity contribution is 0.466. The molecule has 8 heteroatoms. The van der Waals surface area contributed by atoms with Gasteiger partial charge in [-0.3, -0.25) is 0 Å². The molecule has 2 rings (SSSR count). The van der Waals surface area contributed by atoms with E-state index < -0.39 is 10.0 Å². The van der Waals surface area contributed by atoms with Crippen LogP contribution in [-0.2, 0) is 16.6 Å². The largest absolute Gasteiger partial charge is 0.368 e. The Kier molecular flexibility index (Phi) is 4.36. The van der Waals surface area contributed by atoms with E-state index in [-0.39, 0.29) is 17.4 Å². The van der Waals surface area contributed by atoms with E-state index in [2.05, 4.69) is 25.9 Å². The first-order valence-corrected chi connectivity index (χ1v) is 7.91. The van der Waals surface area contributed by atoms with Crippen LogP contribution in [0.1, 0.15) is 5.56 Å². The third-order valence-electron chi connectivity index (χ3n) is 2.67. The summed E-state index contributed by atoms with van der Waals surface area (Å²) in [4.78, 5) is 7.42. The first-order chi connectivity index (χ1) is 9.39. The minimum atomic E-state index is -3.62. The van der Waals surface area contributed by atoms with Crippen molar-refractivity contribution in [3.8, 4) is 0 Å². The molecule has 0 bridgehead atoms. The van der Waals surface area contributed by atoms with Crippen molar-refractivity contribution in [1.29, 1.82) is 0 Å². The molecule has 0 unspecified atom stereocenters. The fraction of sp³-hybridized carbons (Fsp3) is 0.167. The molecule has 0 aliphatic carbocycles. The lowest BCUT2D eigenvalue weighted by Gasteiger charge is -2.16. The summed E-state index contributed by atoms with van der Waals surface area (Å²) in [6.45, 7) is 0.264. The zero-order valence-electron chi connectivity index (χ0n) is 10.7. The zero-order valence-corrected chi connectivity index (χ0v) is 13.1. The number of nitrogens with two attached hydrogens (primary N) is 1. The highest BCUT2D eigenvalue weighted by molar-refractivity contribution is 9.10. The van der Waals surface area contributed by atoms with E-state index in [0.717, 1.165) is 10.0 Å². The Labute approximate surface area is 125 Å². The number of nitrogens with zero attached hydrogens (tertiary/aromatic N) is 3. The Morgan fingerprint density at radius 2 is 1.75 bits per heavy atom. The highest BCUT2D eigenvalue weighted by Gasteiger charge is 2.21. The fourth-order valence-electron chi connectivity index (χ4n) is 1.57. The Morgan fingerprint density at radius 3 is 2.30 bits per heavy atom. The number of sulfonamides is 1. The first kappa shape index (κ1) is 14.9. The predicted molar refractivity (Wildman–Crippen MR) is 79.2 cm³/mol. The van der Waals surface area contributed by atoms with E-state index in [9.17, 15) is 8.42 Å². The molecule has 0 spiro atoms. The molecule has 20 heavy (non-hydrogen) atoms. The van der Waals surface area contributed by atoms with Crippen molar-refractivity contribution in [3.63, 3.8) is 0 Å². The monoisotopic (exact) mass is 356 g/mol. The van der Waals surface area contributed by atoms with Gasteiger partial charge in [-0.25, -0.2) is 18.4 Å². The standard InChI is InChI=1S/C12H13BrN4O2S/c1-17(8-9-2-4-10(13)5-3-9)20(18,19)11-6-15-12(14)16-7-11/h2-7H,8H2,1H3,(H2,14,15,16). The summed E-state index contributed by atoms with van der Waals surface area (Å²) in [5.41, 5.74) is 6.23. The SMILES string of the molecule is CN(Cc1ccc(Br)cc1)S(=O)(=O)c1cnc(N)nc1. The van der Waals surface area contributed by atoms with Crippen LogP contribution in [0, 0.1) is 0 Å². The van der Waals surface area contributed by atoms with E-state index in [0.29, 0.717) is 0 Å². The number of hydrogen-bond donors (Lipinski definition) is 1. The van der Waals surface area contributed by atoms with Gasteiger partial charge in [0.2, 0.25) is 16.0 Å². The summed E-state index contributed by atoms with van der Waals surface area (Å²) in [5.74, 6) is 0.0412. The summed E-state index contributed by atoms with van der Waals surface area (Å²) in [6.07, 6.45) is 2.41. The molecule has 0 atom stereocenters. The third-order valence-corrected chi connectivity index (χ3v) is 4.96. The van der Waals surface area contributed by atoms with E-state index in [1.807, 2.05) is 24.3 Å². The molecule has 6 nitrogen and oxygen atoms in total. The molecule has 106 valence electrons. The van der Waals surface area contributed by atoms with Crippen LogP contribution in [0.2, 0.25) is 0 Å². The number of anilines is 1. The van der Waals surface area contributed by atoms with Crippen molar-refractivity contribution in [2.75, 3.05) is 12.8 Å². The van der Waals surface area contributed by atoms with Crippen LogP contribution in [0.15, 0.2) is 46.0 Å². The van der Waals surface area contributed by atoms with Crippen LogP contribution in [0.5, 0.6) is 0 Å². The van der Waals surface area contributed by atoms with Crippen molar-refractivity contribution in [1.82, 2.24) is 14.3 Å². The minimum Gasteiger partial charge on any atom is -0.368 e. The second-order valence-electron chi connectivity index (χ2n) is 4.16. The van der Waals surface area contributed by atoms with Crippen LogP contribution < -0.4 is 5.73 Å². The summed E-state index contributed by atoms with van der Waals surface area (Å²) in [7, 11) is -2.12. The molecule has 0 radical (unpaired) electrons. The van der Waals surface area contributed by atoms with Crippen LogP contribution in [-0.4, -0.2) is 29.7 Å². The molecule has 1 aromatic carbocycles. The van der Waals surface area contributed by atoms with Gasteiger partial charge in [-0.05, 0) is 17.7 Å². The van der Waals surface area contributed by atoms with Crippen molar-refractivity contribution in [3.05, 3.63) is 46.7 Å². The smallest absolute Gasteiger partial charge is 0.246 e. The second-order valence-corrected chi connectivity index (χ2v) is 7.13. The van der Waals surface area contributed by atoms with Gasteiger partial charge in [0, 0.05) is 18.1 Å². The van der Waals surface area contributed by atoms with E-state index in [4.69, 9.17) is 5.73 Å². The molecule has 0 aliphatic heterocycles. The number of hydrogen-bond acceptors (Lipinski definition) is 5. The highest BCUT2D eigenvalue weighted by Crippen LogP contribution is 2.17. The quantitative estimate of drug-likeness (QED) is 0.899. The zero-order chi connectivity index (χ0) is 14.8. The number of halogens is 1. The average Bonchev–Trinajstić information content (AvgIpc) is 2.42. The summed E-state index contributed by atoms with van der Waals surface area (Å²) in [6, 6.07) is 7.44. The van der Waals surface area contributed by atoms with Gasteiger partial charge in [0.1, 0.15) is 4.90 Å². The van der Waals surface area contributed by atoms with Gasteiger partial charge < -0.3 is 5.73 Å². The molecule has 0 aliphatic rings. The Hall–Kier alpha value is -1.51. The number of aromatic nitrogens is 2. The van der Waals surface area contributed by atoms with Gasteiger partial charge in [0.05, 0.1) is 12.4 Å². The average molecular weight is 357 g/mol. The molecule has 0 fully saturated rings. The summed E-state index contributed by atoms with van der Waals surface area (Å²) >= 11 is 3.33. The highest BCUT2D eigenvalue weighted by atomic mass is 79.9. The van der Waals surface area contributed by atoms with Gasteiger partial charge >= 0.3 is 0 Å². The summed E-state index contributed by atoms with van der Waals surface area (Å²) < 4.78 is 26.8. The molecule has 2 N–H and O–H groups in total. The number of benzene rings is 1. The van der Waals surface area contributed by atoms with E-state index in [1.54, 1.807) is 0 Å². The van der Waals surface area contributed by atoms with Crippen LogP contribution in [0.25, 0.3) is 0 Å². The fourth-order valence-corrected chi connectivity index (χ4v) is 2.89. The molecule has 0 saturated carbocycles. The van der Waals surface area contributed by atoms with E-state index in [1.165, 1.54) is 23.7 Å². The van der Waals surface area contributed by atoms with Crippen LogP contribution >= 0.6 is 15.9 Å². The van der Waals surface area contributed by atoms with Crippen LogP contribution in [0.4, 0.5) is 5.95 Å². The molecule has 2 aromatic rings. The number of nitrogen functional groups attached to an aromatic ring is 1. The van der Waals surface area contributed by atoms with Gasteiger partial charge in [-0.1, -0.05) is 28.1 Å². The second kappa shape index (κ2) is 5.86. The molecule has 0 amide bonds.